The van der Waals surface area contributed by atoms with Crippen LogP contribution in [0, 0.1) is 18.3 Å². The van der Waals surface area contributed by atoms with Gasteiger partial charge in [-0.15, -0.1) is 11.3 Å². The normalized spacial score (nSPS) is 10.5. The highest BCUT2D eigenvalue weighted by Gasteiger charge is 2.15. The second kappa shape index (κ2) is 7.02. The van der Waals surface area contributed by atoms with Crippen molar-refractivity contribution in [1.82, 2.24) is 4.98 Å². The van der Waals surface area contributed by atoms with Crippen LogP contribution in [-0.4, -0.2) is 10.9 Å². The minimum atomic E-state index is -0.209. The highest BCUT2D eigenvalue weighted by Crippen LogP contribution is 2.29. The van der Waals surface area contributed by atoms with Gasteiger partial charge in [0, 0.05) is 16.8 Å². The largest absolute Gasteiger partial charge is 0.322 e. The molecule has 4 nitrogen and oxygen atoms in total. The molecule has 0 aliphatic rings. The number of thiazole rings is 1. The van der Waals surface area contributed by atoms with E-state index in [-0.39, 0.29) is 5.91 Å². The third kappa shape index (κ3) is 3.31. The average molecular weight is 369 g/mol. The first-order valence-electron chi connectivity index (χ1n) is 8.43. The summed E-state index contributed by atoms with van der Waals surface area (Å²) in [5, 5.41) is 13.3. The van der Waals surface area contributed by atoms with Gasteiger partial charge in [-0.3, -0.25) is 4.79 Å². The molecule has 0 unspecified atom stereocenters. The number of rotatable bonds is 3. The Hall–Kier alpha value is -3.49. The molecule has 27 heavy (non-hydrogen) atoms. The molecule has 1 amide bonds. The zero-order valence-electron chi connectivity index (χ0n) is 14.6. The van der Waals surface area contributed by atoms with E-state index in [2.05, 4.69) is 16.4 Å². The lowest BCUT2D eigenvalue weighted by Crippen LogP contribution is -2.13. The van der Waals surface area contributed by atoms with Gasteiger partial charge in [-0.2, -0.15) is 5.26 Å². The molecule has 0 aliphatic carbocycles. The van der Waals surface area contributed by atoms with Crippen LogP contribution < -0.4 is 5.32 Å². The predicted molar refractivity (Wildman–Crippen MR) is 109 cm³/mol. The van der Waals surface area contributed by atoms with Crippen molar-refractivity contribution in [1.29, 1.82) is 5.26 Å². The number of carbonyl (C=O) groups is 1. The van der Waals surface area contributed by atoms with Crippen LogP contribution in [0.5, 0.6) is 0 Å². The Morgan fingerprint density at radius 3 is 2.59 bits per heavy atom. The molecular formula is C22H15N3OS. The number of fused-ring (bicyclic) bond motifs is 1. The van der Waals surface area contributed by atoms with Crippen molar-refractivity contribution in [2.75, 3.05) is 5.32 Å². The van der Waals surface area contributed by atoms with Crippen molar-refractivity contribution < 1.29 is 4.79 Å². The van der Waals surface area contributed by atoms with Crippen molar-refractivity contribution in [2.45, 2.75) is 6.92 Å². The predicted octanol–water partition coefficient (Wildman–Crippen LogP) is 5.40. The van der Waals surface area contributed by atoms with Gasteiger partial charge in [-0.05, 0) is 42.8 Å². The van der Waals surface area contributed by atoms with Crippen molar-refractivity contribution in [3.05, 3.63) is 82.9 Å². The Balaban J connectivity index is 1.71. The molecule has 4 rings (SSSR count). The fourth-order valence-corrected chi connectivity index (χ4v) is 3.91. The number of nitriles is 1. The van der Waals surface area contributed by atoms with Crippen LogP contribution in [0.15, 0.2) is 66.7 Å². The zero-order valence-corrected chi connectivity index (χ0v) is 15.4. The smallest absolute Gasteiger partial charge is 0.256 e. The molecule has 0 atom stereocenters. The maximum absolute atomic E-state index is 12.9. The number of hydrogen-bond acceptors (Lipinski definition) is 4. The Morgan fingerprint density at radius 2 is 1.78 bits per heavy atom. The molecule has 130 valence electrons. The van der Waals surface area contributed by atoms with Gasteiger partial charge in [0.25, 0.3) is 5.91 Å². The summed E-state index contributed by atoms with van der Waals surface area (Å²) in [5.74, 6) is -0.209. The van der Waals surface area contributed by atoms with E-state index >= 15 is 0 Å². The zero-order chi connectivity index (χ0) is 18.8. The van der Waals surface area contributed by atoms with E-state index in [9.17, 15) is 10.1 Å². The monoisotopic (exact) mass is 369 g/mol. The number of aromatic nitrogens is 1. The van der Waals surface area contributed by atoms with Gasteiger partial charge in [0.2, 0.25) is 0 Å². The van der Waals surface area contributed by atoms with Crippen LogP contribution in [-0.2, 0) is 0 Å². The third-order valence-electron chi connectivity index (χ3n) is 4.26. The Kier molecular flexibility index (Phi) is 4.41. The van der Waals surface area contributed by atoms with Crippen molar-refractivity contribution in [2.24, 2.45) is 0 Å². The van der Waals surface area contributed by atoms with E-state index in [0.717, 1.165) is 32.0 Å². The summed E-state index contributed by atoms with van der Waals surface area (Å²) in [6, 6.07) is 22.5. The number of nitrogens with one attached hydrogen (secondary N) is 1. The quantitative estimate of drug-likeness (QED) is 0.526. The van der Waals surface area contributed by atoms with Gasteiger partial charge in [0.1, 0.15) is 0 Å². The van der Waals surface area contributed by atoms with E-state index in [1.807, 2.05) is 61.5 Å². The standard InChI is InChI=1S/C22H15N3OS/c1-14-24-20-11-10-16(12-21(20)27-14)25-22(26)19-9-5-4-8-18(19)17-7-3-2-6-15(17)13-23/h2-12H,1H3,(H,25,26). The Bertz CT molecular complexity index is 1200. The summed E-state index contributed by atoms with van der Waals surface area (Å²) in [6.45, 7) is 1.96. The molecule has 3 aromatic carbocycles. The van der Waals surface area contributed by atoms with Gasteiger partial charge in [-0.25, -0.2) is 4.98 Å². The topological polar surface area (TPSA) is 65.8 Å². The van der Waals surface area contributed by atoms with Gasteiger partial charge in [0.15, 0.2) is 0 Å². The molecule has 0 aliphatic heterocycles. The minimum absolute atomic E-state index is 0.209. The first kappa shape index (κ1) is 17.0. The van der Waals surface area contributed by atoms with Crippen molar-refractivity contribution >= 4 is 33.1 Å². The lowest BCUT2D eigenvalue weighted by molar-refractivity contribution is 0.102. The third-order valence-corrected chi connectivity index (χ3v) is 5.20. The number of carbonyl (C=O) groups excluding carboxylic acids is 1. The molecule has 0 saturated heterocycles. The Labute approximate surface area is 160 Å². The van der Waals surface area contributed by atoms with Gasteiger partial charge >= 0.3 is 0 Å². The lowest BCUT2D eigenvalue weighted by Gasteiger charge is -2.11. The molecule has 0 bridgehead atoms. The first-order valence-corrected chi connectivity index (χ1v) is 9.24. The molecule has 1 N–H and O–H groups in total. The molecule has 5 heteroatoms. The van der Waals surface area contributed by atoms with Gasteiger partial charge < -0.3 is 5.32 Å². The number of benzene rings is 3. The number of nitrogens with zero attached hydrogens (tertiary/aromatic N) is 2. The van der Waals surface area contributed by atoms with E-state index in [4.69, 9.17) is 0 Å². The van der Waals surface area contributed by atoms with Gasteiger partial charge in [-0.1, -0.05) is 36.4 Å². The molecule has 0 spiro atoms. The molecule has 0 radical (unpaired) electrons. The van der Waals surface area contributed by atoms with Gasteiger partial charge in [0.05, 0.1) is 26.9 Å². The summed E-state index contributed by atoms with van der Waals surface area (Å²) < 4.78 is 1.04. The summed E-state index contributed by atoms with van der Waals surface area (Å²) in [4.78, 5) is 17.4. The van der Waals surface area contributed by atoms with Crippen LogP contribution in [0.2, 0.25) is 0 Å². The number of amides is 1. The highest BCUT2D eigenvalue weighted by atomic mass is 32.1. The highest BCUT2D eigenvalue weighted by molar-refractivity contribution is 7.18. The maximum atomic E-state index is 12.9. The molecule has 1 heterocycles. The summed E-state index contributed by atoms with van der Waals surface area (Å²) in [7, 11) is 0. The van der Waals surface area contributed by atoms with E-state index in [1.54, 1.807) is 23.5 Å². The first-order chi connectivity index (χ1) is 13.2. The Morgan fingerprint density at radius 1 is 1.04 bits per heavy atom. The second-order valence-corrected chi connectivity index (χ2v) is 7.31. The van der Waals surface area contributed by atoms with E-state index < -0.39 is 0 Å². The molecule has 0 fully saturated rings. The van der Waals surface area contributed by atoms with Crippen LogP contribution in [0.3, 0.4) is 0 Å². The fourth-order valence-electron chi connectivity index (χ4n) is 3.05. The molecular weight excluding hydrogens is 354 g/mol. The molecule has 1 aromatic heterocycles. The number of aryl methyl sites for hydroxylation is 1. The number of hydrogen-bond donors (Lipinski definition) is 1. The minimum Gasteiger partial charge on any atom is -0.322 e. The SMILES string of the molecule is Cc1nc2ccc(NC(=O)c3ccccc3-c3ccccc3C#N)cc2s1. The van der Waals surface area contributed by atoms with Crippen molar-refractivity contribution in [3.8, 4) is 17.2 Å². The molecule has 0 saturated carbocycles. The van der Waals surface area contributed by atoms with Crippen LogP contribution >= 0.6 is 11.3 Å². The summed E-state index contributed by atoms with van der Waals surface area (Å²) >= 11 is 1.60. The van der Waals surface area contributed by atoms with E-state index in [0.29, 0.717) is 11.1 Å². The maximum Gasteiger partial charge on any atom is 0.256 e. The average Bonchev–Trinajstić information content (AvgIpc) is 3.07. The van der Waals surface area contributed by atoms with E-state index in [1.165, 1.54) is 0 Å². The fraction of sp³-hybridized carbons (Fsp3) is 0.0455. The summed E-state index contributed by atoms with van der Waals surface area (Å²) in [5.41, 5.74) is 4.21. The second-order valence-electron chi connectivity index (χ2n) is 6.07. The van der Waals surface area contributed by atoms with Crippen LogP contribution in [0.4, 0.5) is 5.69 Å². The van der Waals surface area contributed by atoms with Crippen molar-refractivity contribution in [3.63, 3.8) is 0 Å². The number of anilines is 1. The molecule has 4 aromatic rings. The van der Waals surface area contributed by atoms with Crippen LogP contribution in [0.25, 0.3) is 21.3 Å². The summed E-state index contributed by atoms with van der Waals surface area (Å²) in [6.07, 6.45) is 0. The van der Waals surface area contributed by atoms with Crippen LogP contribution in [0.1, 0.15) is 20.9 Å². The lowest BCUT2D eigenvalue weighted by atomic mass is 9.95.